The number of carbonyl (C=O) groups is 1. The molecule has 20 heavy (non-hydrogen) atoms. The Bertz CT molecular complexity index is 628. The number of rotatable bonds is 2. The highest BCUT2D eigenvalue weighted by Crippen LogP contribution is 2.20. The van der Waals surface area contributed by atoms with Crippen molar-refractivity contribution in [2.24, 2.45) is 0 Å². The summed E-state index contributed by atoms with van der Waals surface area (Å²) in [5.74, 6) is -0.652. The lowest BCUT2D eigenvalue weighted by molar-refractivity contribution is 0.0697. The van der Waals surface area contributed by atoms with Crippen LogP contribution < -0.4 is 0 Å². The quantitative estimate of drug-likeness (QED) is 0.794. The van der Waals surface area contributed by atoms with Crippen molar-refractivity contribution in [3.05, 3.63) is 34.1 Å². The summed E-state index contributed by atoms with van der Waals surface area (Å²) in [5.41, 5.74) is 0.374. The highest BCUT2D eigenvalue weighted by molar-refractivity contribution is 9.10. The Hall–Kier alpha value is -0.990. The minimum atomic E-state index is -3.22. The largest absolute Gasteiger partial charge is 0.336 e. The molecular weight excluding hydrogens is 351 g/mol. The van der Waals surface area contributed by atoms with E-state index in [1.165, 1.54) is 22.5 Å². The summed E-state index contributed by atoms with van der Waals surface area (Å²) in [6.45, 7) is 1.22. The van der Waals surface area contributed by atoms with Crippen LogP contribution >= 0.6 is 15.9 Å². The number of carbonyl (C=O) groups excluding carboxylic acids is 1. The molecule has 1 fully saturated rings. The highest BCUT2D eigenvalue weighted by atomic mass is 79.9. The fourth-order valence-electron chi connectivity index (χ4n) is 2.06. The molecule has 2 rings (SSSR count). The minimum absolute atomic E-state index is 0.231. The van der Waals surface area contributed by atoms with Crippen LogP contribution in [0.15, 0.2) is 22.7 Å². The first kappa shape index (κ1) is 15.4. The van der Waals surface area contributed by atoms with Crippen LogP contribution in [0.2, 0.25) is 0 Å². The van der Waals surface area contributed by atoms with Crippen LogP contribution in [0.25, 0.3) is 0 Å². The lowest BCUT2D eigenvalue weighted by atomic mass is 10.2. The number of halogens is 2. The Kier molecular flexibility index (Phi) is 4.46. The number of hydrogen-bond donors (Lipinski definition) is 0. The van der Waals surface area contributed by atoms with E-state index in [0.29, 0.717) is 23.1 Å². The zero-order valence-corrected chi connectivity index (χ0v) is 13.2. The molecule has 1 aromatic carbocycles. The predicted molar refractivity (Wildman–Crippen MR) is 76.4 cm³/mol. The fourth-order valence-corrected chi connectivity index (χ4v) is 3.40. The normalized spacial score (nSPS) is 17.2. The van der Waals surface area contributed by atoms with Crippen molar-refractivity contribution < 1.29 is 17.6 Å². The Labute approximate surface area is 125 Å². The smallest absolute Gasteiger partial charge is 0.255 e. The van der Waals surface area contributed by atoms with Gasteiger partial charge >= 0.3 is 0 Å². The van der Waals surface area contributed by atoms with E-state index in [9.17, 15) is 17.6 Å². The third kappa shape index (κ3) is 3.36. The molecule has 1 amide bonds. The average Bonchev–Trinajstić information content (AvgIpc) is 2.37. The van der Waals surface area contributed by atoms with Crippen molar-refractivity contribution in [3.63, 3.8) is 0 Å². The molecule has 1 saturated heterocycles. The van der Waals surface area contributed by atoms with Gasteiger partial charge in [0.25, 0.3) is 5.91 Å². The van der Waals surface area contributed by atoms with Crippen LogP contribution in [0.4, 0.5) is 4.39 Å². The standard InChI is InChI=1S/C12H14BrFN2O3S/c1-20(18,19)16-6-4-15(5-7-16)12(17)10-3-2-9(14)8-11(10)13/h2-3,8H,4-7H2,1H3. The molecule has 0 aliphatic carbocycles. The number of piperazine rings is 1. The Morgan fingerprint density at radius 2 is 1.85 bits per heavy atom. The van der Waals surface area contributed by atoms with Gasteiger partial charge in [-0.05, 0) is 34.1 Å². The molecule has 0 atom stereocenters. The van der Waals surface area contributed by atoms with Gasteiger partial charge in [0.2, 0.25) is 10.0 Å². The predicted octanol–water partition coefficient (Wildman–Crippen LogP) is 1.31. The number of nitrogens with zero attached hydrogens (tertiary/aromatic N) is 2. The summed E-state index contributed by atoms with van der Waals surface area (Å²) in [4.78, 5) is 13.9. The summed E-state index contributed by atoms with van der Waals surface area (Å²) in [5, 5.41) is 0. The number of hydrogen-bond acceptors (Lipinski definition) is 3. The maximum absolute atomic E-state index is 13.0. The number of benzene rings is 1. The van der Waals surface area contributed by atoms with Crippen LogP contribution in [0.3, 0.4) is 0 Å². The van der Waals surface area contributed by atoms with E-state index in [0.717, 1.165) is 6.26 Å². The summed E-state index contributed by atoms with van der Waals surface area (Å²) >= 11 is 3.16. The maximum atomic E-state index is 13.0. The molecule has 1 aliphatic rings. The van der Waals surface area contributed by atoms with Crippen LogP contribution in [0.5, 0.6) is 0 Å². The van der Waals surface area contributed by atoms with Crippen molar-refractivity contribution in [1.29, 1.82) is 0 Å². The summed E-state index contributed by atoms with van der Waals surface area (Å²) < 4.78 is 37.5. The minimum Gasteiger partial charge on any atom is -0.336 e. The van der Waals surface area contributed by atoms with Crippen molar-refractivity contribution in [2.75, 3.05) is 32.4 Å². The first-order chi connectivity index (χ1) is 9.29. The van der Waals surface area contributed by atoms with Gasteiger partial charge in [-0.25, -0.2) is 12.8 Å². The summed E-state index contributed by atoms with van der Waals surface area (Å²) in [7, 11) is -3.22. The molecule has 0 saturated carbocycles. The third-order valence-electron chi connectivity index (χ3n) is 3.16. The molecule has 8 heteroatoms. The monoisotopic (exact) mass is 364 g/mol. The van der Waals surface area contributed by atoms with Crippen LogP contribution in [-0.2, 0) is 10.0 Å². The zero-order chi connectivity index (χ0) is 14.9. The lowest BCUT2D eigenvalue weighted by Crippen LogP contribution is -2.50. The topological polar surface area (TPSA) is 57.7 Å². The molecule has 5 nitrogen and oxygen atoms in total. The van der Waals surface area contributed by atoms with E-state index in [4.69, 9.17) is 0 Å². The molecule has 110 valence electrons. The molecular formula is C12H14BrFN2O3S. The highest BCUT2D eigenvalue weighted by Gasteiger charge is 2.27. The third-order valence-corrected chi connectivity index (χ3v) is 5.12. The van der Waals surface area contributed by atoms with Gasteiger partial charge < -0.3 is 4.90 Å². The molecule has 0 N–H and O–H groups in total. The molecule has 0 spiro atoms. The fraction of sp³-hybridized carbons (Fsp3) is 0.417. The van der Waals surface area contributed by atoms with E-state index < -0.39 is 15.8 Å². The molecule has 1 aromatic rings. The van der Waals surface area contributed by atoms with Crippen molar-refractivity contribution in [1.82, 2.24) is 9.21 Å². The van der Waals surface area contributed by atoms with Gasteiger partial charge in [0.1, 0.15) is 5.82 Å². The molecule has 0 radical (unpaired) electrons. The second-order valence-corrected chi connectivity index (χ2v) is 7.42. The summed E-state index contributed by atoms with van der Waals surface area (Å²) in [6, 6.07) is 3.88. The lowest BCUT2D eigenvalue weighted by Gasteiger charge is -2.33. The first-order valence-corrected chi connectivity index (χ1v) is 8.62. The van der Waals surface area contributed by atoms with Gasteiger partial charge in [-0.15, -0.1) is 0 Å². The number of amides is 1. The summed E-state index contributed by atoms with van der Waals surface area (Å²) in [6.07, 6.45) is 1.15. The second-order valence-electron chi connectivity index (χ2n) is 4.58. The van der Waals surface area contributed by atoms with E-state index >= 15 is 0 Å². The second kappa shape index (κ2) is 5.79. The number of sulfonamides is 1. The Morgan fingerprint density at radius 3 is 2.35 bits per heavy atom. The van der Waals surface area contributed by atoms with Gasteiger partial charge in [-0.2, -0.15) is 4.31 Å². The van der Waals surface area contributed by atoms with Gasteiger partial charge in [-0.1, -0.05) is 0 Å². The van der Waals surface area contributed by atoms with Gasteiger partial charge in [-0.3, -0.25) is 4.79 Å². The average molecular weight is 365 g/mol. The van der Waals surface area contributed by atoms with E-state index in [2.05, 4.69) is 15.9 Å². The van der Waals surface area contributed by atoms with Crippen LogP contribution in [-0.4, -0.2) is 56.0 Å². The van der Waals surface area contributed by atoms with Crippen molar-refractivity contribution in [2.45, 2.75) is 0 Å². The van der Waals surface area contributed by atoms with Crippen LogP contribution in [0, 0.1) is 5.82 Å². The van der Waals surface area contributed by atoms with Gasteiger partial charge in [0.15, 0.2) is 0 Å². The Balaban J connectivity index is 2.09. The van der Waals surface area contributed by atoms with Gasteiger partial charge in [0.05, 0.1) is 11.8 Å². The SMILES string of the molecule is CS(=O)(=O)N1CCN(C(=O)c2ccc(F)cc2Br)CC1. The molecule has 0 unspecified atom stereocenters. The van der Waals surface area contributed by atoms with Crippen molar-refractivity contribution >= 4 is 31.9 Å². The zero-order valence-electron chi connectivity index (χ0n) is 10.8. The first-order valence-electron chi connectivity index (χ1n) is 5.98. The maximum Gasteiger partial charge on any atom is 0.255 e. The van der Waals surface area contributed by atoms with Crippen LogP contribution in [0.1, 0.15) is 10.4 Å². The molecule has 0 aromatic heterocycles. The van der Waals surface area contributed by atoms with Crippen molar-refractivity contribution in [3.8, 4) is 0 Å². The molecule has 1 aliphatic heterocycles. The molecule has 0 bridgehead atoms. The van der Waals surface area contributed by atoms with E-state index in [-0.39, 0.29) is 19.0 Å². The van der Waals surface area contributed by atoms with E-state index in [1.54, 1.807) is 4.90 Å². The molecule has 1 heterocycles. The van der Waals surface area contributed by atoms with Gasteiger partial charge in [0, 0.05) is 30.7 Å². The Morgan fingerprint density at radius 1 is 1.25 bits per heavy atom. The van der Waals surface area contributed by atoms with E-state index in [1.807, 2.05) is 0 Å².